The van der Waals surface area contributed by atoms with Gasteiger partial charge in [-0.05, 0) is 29.8 Å². The lowest BCUT2D eigenvalue weighted by Crippen LogP contribution is -2.45. The van der Waals surface area contributed by atoms with Gasteiger partial charge in [-0.2, -0.15) is 22.0 Å². The summed E-state index contributed by atoms with van der Waals surface area (Å²) in [7, 11) is 0. The van der Waals surface area contributed by atoms with Crippen LogP contribution in [0.1, 0.15) is 22.0 Å². The Balaban J connectivity index is 1.74. The van der Waals surface area contributed by atoms with Gasteiger partial charge in [0.25, 0.3) is 6.17 Å². The Morgan fingerprint density at radius 3 is 2.00 bits per heavy atom. The summed E-state index contributed by atoms with van der Waals surface area (Å²) in [5, 5.41) is 13.9. The SMILES string of the molecule is O=C(Nc1ccc(OC(F)(F)C(F)C(F)(F)F)cc1F)Nc1ccc(F)c(C(=O)C(O)c2ccccc2)c1F. The van der Waals surface area contributed by atoms with Gasteiger partial charge < -0.3 is 20.5 Å². The zero-order valence-corrected chi connectivity index (χ0v) is 19.0. The van der Waals surface area contributed by atoms with E-state index in [2.05, 4.69) is 4.74 Å². The van der Waals surface area contributed by atoms with Crippen LogP contribution in [0.2, 0.25) is 0 Å². The van der Waals surface area contributed by atoms with Crippen molar-refractivity contribution in [2.75, 3.05) is 10.6 Å². The predicted molar refractivity (Wildman–Crippen MR) is 118 cm³/mol. The number of carbonyl (C=O) groups excluding carboxylic acids is 2. The highest BCUT2D eigenvalue weighted by molar-refractivity contribution is 6.03. The second-order valence-electron chi connectivity index (χ2n) is 7.75. The molecule has 0 aromatic heterocycles. The number of halogens is 9. The summed E-state index contributed by atoms with van der Waals surface area (Å²) < 4.78 is 123. The van der Waals surface area contributed by atoms with Crippen LogP contribution in [0.15, 0.2) is 60.7 Å². The maximum atomic E-state index is 14.9. The average Bonchev–Trinajstić information content (AvgIpc) is 2.86. The monoisotopic (exact) mass is 566 g/mol. The van der Waals surface area contributed by atoms with E-state index in [1.165, 1.54) is 24.3 Å². The number of ketones is 1. The van der Waals surface area contributed by atoms with Gasteiger partial charge in [0.15, 0.2) is 5.82 Å². The summed E-state index contributed by atoms with van der Waals surface area (Å²) in [6, 6.07) is 8.23. The Hall–Kier alpha value is -4.27. The predicted octanol–water partition coefficient (Wildman–Crippen LogP) is 6.54. The van der Waals surface area contributed by atoms with Crippen LogP contribution in [0.3, 0.4) is 0 Å². The molecule has 3 rings (SSSR count). The van der Waals surface area contributed by atoms with Crippen LogP contribution >= 0.6 is 0 Å². The van der Waals surface area contributed by atoms with Gasteiger partial charge in [-0.3, -0.25) is 4.79 Å². The number of aliphatic hydroxyl groups is 1. The molecule has 2 amide bonds. The van der Waals surface area contributed by atoms with Gasteiger partial charge >= 0.3 is 18.3 Å². The van der Waals surface area contributed by atoms with E-state index in [1.807, 2.05) is 10.6 Å². The smallest absolute Gasteiger partial charge is 0.430 e. The van der Waals surface area contributed by atoms with E-state index in [1.54, 1.807) is 6.07 Å². The normalized spacial score (nSPS) is 13.4. The van der Waals surface area contributed by atoms with E-state index in [0.717, 1.165) is 0 Å². The Kier molecular flexibility index (Phi) is 8.43. The first kappa shape index (κ1) is 29.3. The molecule has 0 aliphatic carbocycles. The minimum absolute atomic E-state index is 0.0264. The number of benzene rings is 3. The number of anilines is 2. The lowest BCUT2D eigenvalue weighted by Gasteiger charge is -2.23. The number of Topliss-reactive ketones (excluding diaryl/α,β-unsaturated/α-hetero) is 1. The molecule has 2 atom stereocenters. The molecule has 0 spiro atoms. The van der Waals surface area contributed by atoms with Gasteiger partial charge in [-0.1, -0.05) is 30.3 Å². The number of hydrogen-bond acceptors (Lipinski definition) is 4. The van der Waals surface area contributed by atoms with Crippen molar-refractivity contribution in [1.29, 1.82) is 0 Å². The number of amides is 2. The Labute approximate surface area is 213 Å². The van der Waals surface area contributed by atoms with Gasteiger partial charge in [-0.15, -0.1) is 0 Å². The summed E-state index contributed by atoms with van der Waals surface area (Å²) in [6.07, 6.45) is -18.0. The summed E-state index contributed by atoms with van der Waals surface area (Å²) in [5.74, 6) is -7.07. The highest BCUT2D eigenvalue weighted by Crippen LogP contribution is 2.37. The largest absolute Gasteiger partial charge is 0.439 e. The number of carbonyl (C=O) groups is 2. The second kappa shape index (κ2) is 11.2. The highest BCUT2D eigenvalue weighted by Gasteiger charge is 2.59. The first-order chi connectivity index (χ1) is 18.1. The number of urea groups is 1. The fourth-order valence-corrected chi connectivity index (χ4v) is 3.13. The zero-order chi connectivity index (χ0) is 29.1. The van der Waals surface area contributed by atoms with E-state index in [0.29, 0.717) is 24.3 Å². The van der Waals surface area contributed by atoms with Gasteiger partial charge in [0.2, 0.25) is 5.78 Å². The van der Waals surface area contributed by atoms with E-state index in [4.69, 9.17) is 0 Å². The Morgan fingerprint density at radius 1 is 0.821 bits per heavy atom. The summed E-state index contributed by atoms with van der Waals surface area (Å²) in [4.78, 5) is 24.7. The number of alkyl halides is 6. The molecule has 0 aliphatic heterocycles. The quantitative estimate of drug-likeness (QED) is 0.214. The van der Waals surface area contributed by atoms with Crippen molar-refractivity contribution in [3.63, 3.8) is 0 Å². The van der Waals surface area contributed by atoms with E-state index in [-0.39, 0.29) is 11.6 Å². The van der Waals surface area contributed by atoms with Gasteiger partial charge in [-0.25, -0.2) is 22.4 Å². The number of nitrogens with one attached hydrogen (secondary N) is 2. The van der Waals surface area contributed by atoms with Crippen LogP contribution in [0.25, 0.3) is 0 Å². The second-order valence-corrected chi connectivity index (χ2v) is 7.75. The molecule has 15 heteroatoms. The summed E-state index contributed by atoms with van der Waals surface area (Å²) in [6.45, 7) is 0. The van der Waals surface area contributed by atoms with Crippen molar-refractivity contribution in [2.45, 2.75) is 24.6 Å². The van der Waals surface area contributed by atoms with E-state index in [9.17, 15) is 54.2 Å². The van der Waals surface area contributed by atoms with E-state index >= 15 is 0 Å². The van der Waals surface area contributed by atoms with E-state index < -0.39 is 76.5 Å². The van der Waals surface area contributed by atoms with Crippen molar-refractivity contribution >= 4 is 23.2 Å². The molecule has 6 nitrogen and oxygen atoms in total. The summed E-state index contributed by atoms with van der Waals surface area (Å²) in [5.41, 5.74) is -2.71. The van der Waals surface area contributed by atoms with Crippen molar-refractivity contribution in [3.8, 4) is 5.75 Å². The molecule has 0 heterocycles. The maximum absolute atomic E-state index is 14.9. The molecule has 0 radical (unpaired) electrons. The molecule has 3 aromatic carbocycles. The molecule has 0 fully saturated rings. The Bertz CT molecular complexity index is 1370. The van der Waals surface area contributed by atoms with Crippen LogP contribution in [0.4, 0.5) is 55.7 Å². The number of rotatable bonds is 8. The van der Waals surface area contributed by atoms with Crippen molar-refractivity contribution in [1.82, 2.24) is 0 Å². The first-order valence-corrected chi connectivity index (χ1v) is 10.5. The third kappa shape index (κ3) is 6.79. The fraction of sp³-hybridized carbons (Fsp3) is 0.167. The van der Waals surface area contributed by atoms with Crippen LogP contribution < -0.4 is 15.4 Å². The van der Waals surface area contributed by atoms with Crippen molar-refractivity contribution in [3.05, 3.63) is 89.2 Å². The van der Waals surface area contributed by atoms with Crippen LogP contribution in [0.5, 0.6) is 5.75 Å². The first-order valence-electron chi connectivity index (χ1n) is 10.5. The lowest BCUT2D eigenvalue weighted by molar-refractivity contribution is -0.305. The Morgan fingerprint density at radius 2 is 1.41 bits per heavy atom. The number of aliphatic hydroxyl groups excluding tert-OH is 1. The van der Waals surface area contributed by atoms with Gasteiger partial charge in [0.1, 0.15) is 23.5 Å². The molecule has 3 N–H and O–H groups in total. The molecule has 0 saturated heterocycles. The molecule has 0 saturated carbocycles. The standard InChI is InChI=1S/C24H15F9N2O4/c25-13-7-9-16(18(27)17(13)20(37)19(36)11-4-2-1-3-5-11)35-22(38)34-15-8-6-12(10-14(15)26)39-24(32,33)21(28)23(29,30)31/h1-10,19,21,36H,(H2,34,35,38). The van der Waals surface area contributed by atoms with Crippen LogP contribution in [-0.4, -0.2) is 35.4 Å². The topological polar surface area (TPSA) is 87.7 Å². The third-order valence-electron chi connectivity index (χ3n) is 4.97. The summed E-state index contributed by atoms with van der Waals surface area (Å²) >= 11 is 0. The maximum Gasteiger partial charge on any atom is 0.439 e. The zero-order valence-electron chi connectivity index (χ0n) is 19.0. The van der Waals surface area contributed by atoms with Crippen molar-refractivity contribution in [2.24, 2.45) is 0 Å². The molecule has 0 bridgehead atoms. The van der Waals surface area contributed by atoms with Crippen LogP contribution in [0, 0.1) is 17.5 Å². The van der Waals surface area contributed by atoms with Gasteiger partial charge in [0.05, 0.1) is 16.9 Å². The number of ether oxygens (including phenoxy) is 1. The lowest BCUT2D eigenvalue weighted by atomic mass is 9.98. The molecule has 0 aliphatic rings. The molecule has 2 unspecified atom stereocenters. The molecular formula is C24H15F9N2O4. The molecular weight excluding hydrogens is 551 g/mol. The van der Waals surface area contributed by atoms with Gasteiger partial charge in [0, 0.05) is 6.07 Å². The minimum atomic E-state index is -5.97. The van der Waals surface area contributed by atoms with Crippen molar-refractivity contribution < 1.29 is 58.9 Å². The third-order valence-corrected chi connectivity index (χ3v) is 4.97. The average molecular weight is 566 g/mol. The highest BCUT2D eigenvalue weighted by atomic mass is 19.4. The molecule has 208 valence electrons. The fourth-order valence-electron chi connectivity index (χ4n) is 3.13. The molecule has 39 heavy (non-hydrogen) atoms. The minimum Gasteiger partial charge on any atom is -0.430 e. The van der Waals surface area contributed by atoms with Crippen LogP contribution in [-0.2, 0) is 0 Å². The number of hydrogen-bond donors (Lipinski definition) is 3. The molecule has 3 aromatic rings.